The van der Waals surface area contributed by atoms with Crippen LogP contribution in [0.25, 0.3) is 0 Å². The zero-order valence-corrected chi connectivity index (χ0v) is 10.5. The minimum absolute atomic E-state index is 0.107. The van der Waals surface area contributed by atoms with Gasteiger partial charge in [0.1, 0.15) is 0 Å². The average Bonchev–Trinajstić information content (AvgIpc) is 3.08. The number of hydrogen-bond acceptors (Lipinski definition) is 4. The van der Waals surface area contributed by atoms with Crippen LogP contribution in [0.5, 0.6) is 0 Å². The van der Waals surface area contributed by atoms with E-state index in [0.29, 0.717) is 0 Å². The largest absolute Gasteiger partial charge is 0.396 e. The summed E-state index contributed by atoms with van der Waals surface area (Å²) in [7, 11) is 0. The molecule has 18 heavy (non-hydrogen) atoms. The Morgan fingerprint density at radius 3 is 2.78 bits per heavy atom. The minimum Gasteiger partial charge on any atom is -0.396 e. The lowest BCUT2D eigenvalue weighted by molar-refractivity contribution is -0.384. The van der Waals surface area contributed by atoms with Gasteiger partial charge in [-0.15, -0.1) is 0 Å². The molecule has 98 valence electrons. The molecule has 0 aromatic heterocycles. The number of aliphatic hydroxyl groups is 1. The van der Waals surface area contributed by atoms with Crippen LogP contribution in [0.1, 0.15) is 24.8 Å². The van der Waals surface area contributed by atoms with Gasteiger partial charge in [-0.05, 0) is 37.2 Å². The van der Waals surface area contributed by atoms with Crippen LogP contribution >= 0.6 is 0 Å². The minimum atomic E-state index is -0.384. The van der Waals surface area contributed by atoms with Crippen molar-refractivity contribution in [3.63, 3.8) is 0 Å². The Morgan fingerprint density at radius 1 is 1.50 bits per heavy atom. The van der Waals surface area contributed by atoms with Crippen molar-refractivity contribution in [2.75, 3.05) is 18.5 Å². The van der Waals surface area contributed by atoms with Gasteiger partial charge in [-0.3, -0.25) is 10.1 Å². The lowest BCUT2D eigenvalue weighted by atomic mass is 10.0. The highest BCUT2D eigenvalue weighted by Crippen LogP contribution is 2.48. The monoisotopic (exact) mass is 250 g/mol. The molecule has 0 saturated heterocycles. The SMILES string of the molecule is Cc1ccc([N+](=O)[O-])cc1NCC1(CCO)CC1. The van der Waals surface area contributed by atoms with Crippen LogP contribution < -0.4 is 5.32 Å². The number of hydrogen-bond donors (Lipinski definition) is 2. The van der Waals surface area contributed by atoms with Crippen molar-refractivity contribution in [2.45, 2.75) is 26.2 Å². The smallest absolute Gasteiger partial charge is 0.271 e. The van der Waals surface area contributed by atoms with Gasteiger partial charge in [0.2, 0.25) is 0 Å². The van der Waals surface area contributed by atoms with E-state index < -0.39 is 0 Å². The first-order valence-electron chi connectivity index (χ1n) is 6.16. The van der Waals surface area contributed by atoms with Crippen molar-refractivity contribution >= 4 is 11.4 Å². The van der Waals surface area contributed by atoms with Gasteiger partial charge in [0.25, 0.3) is 5.69 Å². The summed E-state index contributed by atoms with van der Waals surface area (Å²) in [5, 5.41) is 23.0. The number of rotatable bonds is 6. The van der Waals surface area contributed by atoms with E-state index in [0.717, 1.165) is 37.1 Å². The number of aryl methyl sites for hydroxylation is 1. The molecule has 1 fully saturated rings. The maximum absolute atomic E-state index is 10.7. The molecule has 5 heteroatoms. The third kappa shape index (κ3) is 2.79. The van der Waals surface area contributed by atoms with Gasteiger partial charge >= 0.3 is 0 Å². The number of anilines is 1. The number of nitrogens with one attached hydrogen (secondary N) is 1. The van der Waals surface area contributed by atoms with Gasteiger partial charge in [-0.1, -0.05) is 6.07 Å². The Labute approximate surface area is 106 Å². The molecule has 0 unspecified atom stereocenters. The van der Waals surface area contributed by atoms with Gasteiger partial charge in [0.15, 0.2) is 0 Å². The molecule has 1 aromatic rings. The van der Waals surface area contributed by atoms with Crippen LogP contribution in [0.3, 0.4) is 0 Å². The molecule has 0 heterocycles. The average molecular weight is 250 g/mol. The molecule has 1 aliphatic rings. The Balaban J connectivity index is 2.04. The topological polar surface area (TPSA) is 75.4 Å². The van der Waals surface area contributed by atoms with Crippen molar-refractivity contribution in [1.82, 2.24) is 0 Å². The van der Waals surface area contributed by atoms with Crippen molar-refractivity contribution < 1.29 is 10.0 Å². The van der Waals surface area contributed by atoms with E-state index >= 15 is 0 Å². The summed E-state index contributed by atoms with van der Waals surface area (Å²) in [6.07, 6.45) is 3.04. The summed E-state index contributed by atoms with van der Waals surface area (Å²) in [5.74, 6) is 0. The first-order chi connectivity index (χ1) is 8.56. The van der Waals surface area contributed by atoms with Gasteiger partial charge in [0, 0.05) is 31.0 Å². The van der Waals surface area contributed by atoms with Crippen LogP contribution in [-0.4, -0.2) is 23.2 Å². The van der Waals surface area contributed by atoms with Crippen molar-refractivity contribution in [1.29, 1.82) is 0 Å². The Hall–Kier alpha value is -1.62. The molecule has 0 amide bonds. The molecule has 2 N–H and O–H groups in total. The zero-order valence-electron chi connectivity index (χ0n) is 10.5. The van der Waals surface area contributed by atoms with Crippen molar-refractivity contribution in [2.24, 2.45) is 5.41 Å². The summed E-state index contributed by atoms with van der Waals surface area (Å²) in [6, 6.07) is 4.84. The predicted octanol–water partition coefficient (Wildman–Crippen LogP) is 2.48. The van der Waals surface area contributed by atoms with E-state index in [1.807, 2.05) is 6.92 Å². The van der Waals surface area contributed by atoms with Gasteiger partial charge < -0.3 is 10.4 Å². The predicted molar refractivity (Wildman–Crippen MR) is 69.7 cm³/mol. The van der Waals surface area contributed by atoms with E-state index in [2.05, 4.69) is 5.32 Å². The molecule has 5 nitrogen and oxygen atoms in total. The first kappa shape index (κ1) is 12.8. The standard InChI is InChI=1S/C13H18N2O3/c1-10-2-3-11(15(17)18)8-12(10)14-9-13(4-5-13)6-7-16/h2-3,8,14,16H,4-7,9H2,1H3. The van der Waals surface area contributed by atoms with Crippen LogP contribution in [0, 0.1) is 22.5 Å². The van der Waals surface area contributed by atoms with Gasteiger partial charge in [-0.2, -0.15) is 0 Å². The van der Waals surface area contributed by atoms with Crippen LogP contribution in [0.4, 0.5) is 11.4 Å². The number of benzene rings is 1. The van der Waals surface area contributed by atoms with Gasteiger partial charge in [0.05, 0.1) is 4.92 Å². The second kappa shape index (κ2) is 4.94. The van der Waals surface area contributed by atoms with Crippen LogP contribution in [0.2, 0.25) is 0 Å². The third-order valence-electron chi connectivity index (χ3n) is 3.69. The van der Waals surface area contributed by atoms with Crippen molar-refractivity contribution in [3.8, 4) is 0 Å². The van der Waals surface area contributed by atoms with Gasteiger partial charge in [-0.25, -0.2) is 0 Å². The number of nitro benzene ring substituents is 1. The molecule has 0 atom stereocenters. The van der Waals surface area contributed by atoms with Crippen LogP contribution in [-0.2, 0) is 0 Å². The lowest BCUT2D eigenvalue weighted by Crippen LogP contribution is -2.17. The van der Waals surface area contributed by atoms with E-state index in [9.17, 15) is 10.1 Å². The van der Waals surface area contributed by atoms with E-state index in [1.54, 1.807) is 12.1 Å². The number of nitro groups is 1. The summed E-state index contributed by atoms with van der Waals surface area (Å²) in [5.41, 5.74) is 2.12. The maximum Gasteiger partial charge on any atom is 0.271 e. The highest BCUT2D eigenvalue weighted by atomic mass is 16.6. The summed E-state index contributed by atoms with van der Waals surface area (Å²) in [6.45, 7) is 2.91. The summed E-state index contributed by atoms with van der Waals surface area (Å²) >= 11 is 0. The Kier molecular flexibility index (Phi) is 3.52. The molecule has 1 aromatic carbocycles. The highest BCUT2D eigenvalue weighted by molar-refractivity contribution is 5.57. The fourth-order valence-corrected chi connectivity index (χ4v) is 2.13. The molecule has 0 aliphatic heterocycles. The third-order valence-corrected chi connectivity index (χ3v) is 3.69. The summed E-state index contributed by atoms with van der Waals surface area (Å²) in [4.78, 5) is 10.3. The Morgan fingerprint density at radius 2 is 2.22 bits per heavy atom. The molecular weight excluding hydrogens is 232 g/mol. The van der Waals surface area contributed by atoms with E-state index in [4.69, 9.17) is 5.11 Å². The number of nitrogens with zero attached hydrogens (tertiary/aromatic N) is 1. The molecule has 0 spiro atoms. The summed E-state index contributed by atoms with van der Waals surface area (Å²) < 4.78 is 0. The zero-order chi connectivity index (χ0) is 13.2. The lowest BCUT2D eigenvalue weighted by Gasteiger charge is -2.16. The molecule has 0 bridgehead atoms. The van der Waals surface area contributed by atoms with Crippen LogP contribution in [0.15, 0.2) is 18.2 Å². The van der Waals surface area contributed by atoms with Crippen molar-refractivity contribution in [3.05, 3.63) is 33.9 Å². The normalized spacial score (nSPS) is 16.3. The first-order valence-corrected chi connectivity index (χ1v) is 6.16. The molecule has 1 aliphatic carbocycles. The molecular formula is C13H18N2O3. The second-order valence-corrected chi connectivity index (χ2v) is 5.08. The fraction of sp³-hybridized carbons (Fsp3) is 0.538. The second-order valence-electron chi connectivity index (χ2n) is 5.08. The quantitative estimate of drug-likeness (QED) is 0.600. The van der Waals surface area contributed by atoms with E-state index in [-0.39, 0.29) is 22.6 Å². The molecule has 2 rings (SSSR count). The van der Waals surface area contributed by atoms with E-state index in [1.165, 1.54) is 6.07 Å². The number of aliphatic hydroxyl groups excluding tert-OH is 1. The maximum atomic E-state index is 10.7. The fourth-order valence-electron chi connectivity index (χ4n) is 2.13. The highest BCUT2D eigenvalue weighted by Gasteiger charge is 2.41. The Bertz CT molecular complexity index is 456. The molecule has 0 radical (unpaired) electrons. The molecule has 1 saturated carbocycles. The number of non-ortho nitro benzene ring substituents is 1.